The van der Waals surface area contributed by atoms with Crippen LogP contribution < -0.4 is 5.73 Å². The van der Waals surface area contributed by atoms with E-state index in [1.165, 1.54) is 11.1 Å². The van der Waals surface area contributed by atoms with Gasteiger partial charge < -0.3 is 5.73 Å². The molecule has 0 spiro atoms. The van der Waals surface area contributed by atoms with Crippen LogP contribution in [0.5, 0.6) is 0 Å². The van der Waals surface area contributed by atoms with Gasteiger partial charge in [0.25, 0.3) is 0 Å². The van der Waals surface area contributed by atoms with E-state index in [9.17, 15) is 0 Å². The molecule has 0 bridgehead atoms. The second-order valence-electron chi connectivity index (χ2n) is 5.06. The van der Waals surface area contributed by atoms with Crippen molar-refractivity contribution in [1.82, 2.24) is 20.0 Å². The van der Waals surface area contributed by atoms with Gasteiger partial charge in [-0.3, -0.25) is 9.78 Å². The van der Waals surface area contributed by atoms with E-state index in [4.69, 9.17) is 5.73 Å². The number of anilines is 1. The minimum absolute atomic E-state index is 0.507. The Hall–Kier alpha value is -2.56. The van der Waals surface area contributed by atoms with Gasteiger partial charge in [-0.1, -0.05) is 18.2 Å². The Bertz CT molecular complexity index is 766. The Balaban J connectivity index is 2.18. The number of hydrogen-bond acceptors (Lipinski definition) is 3. The molecule has 1 aromatic carbocycles. The molecule has 0 aliphatic heterocycles. The molecule has 5 nitrogen and oxygen atoms in total. The minimum atomic E-state index is 0.507. The number of benzene rings is 1. The predicted octanol–water partition coefficient (Wildman–Crippen LogP) is 2.68. The van der Waals surface area contributed by atoms with Gasteiger partial charge in [0.1, 0.15) is 0 Å². The highest BCUT2D eigenvalue weighted by molar-refractivity contribution is 5.87. The van der Waals surface area contributed by atoms with Gasteiger partial charge in [0.2, 0.25) is 0 Å². The first-order valence-electron chi connectivity index (χ1n) is 6.46. The van der Waals surface area contributed by atoms with E-state index in [0.717, 1.165) is 22.4 Å². The number of rotatable bonds is 2. The van der Waals surface area contributed by atoms with Crippen molar-refractivity contribution >= 4 is 5.82 Å². The van der Waals surface area contributed by atoms with Crippen molar-refractivity contribution in [3.63, 3.8) is 0 Å². The molecule has 2 aromatic heterocycles. The molecular formula is C15H17N5. The van der Waals surface area contributed by atoms with Gasteiger partial charge in [-0.2, -0.15) is 10.2 Å². The third kappa shape index (κ3) is 1.97. The Morgan fingerprint density at radius 1 is 1.15 bits per heavy atom. The topological polar surface area (TPSA) is 72.5 Å². The number of aryl methyl sites for hydroxylation is 3. The zero-order chi connectivity index (χ0) is 14.3. The van der Waals surface area contributed by atoms with Gasteiger partial charge in [-0.25, -0.2) is 0 Å². The smallest absolute Gasteiger partial charge is 0.153 e. The van der Waals surface area contributed by atoms with E-state index in [1.54, 1.807) is 10.9 Å². The molecule has 0 unspecified atom stereocenters. The van der Waals surface area contributed by atoms with E-state index in [-0.39, 0.29) is 0 Å². The van der Waals surface area contributed by atoms with Gasteiger partial charge in [0.05, 0.1) is 17.5 Å². The maximum absolute atomic E-state index is 6.04. The third-order valence-corrected chi connectivity index (χ3v) is 3.58. The summed E-state index contributed by atoms with van der Waals surface area (Å²) in [6.45, 7) is 4.19. The first kappa shape index (κ1) is 12.5. The normalized spacial score (nSPS) is 10.9. The summed E-state index contributed by atoms with van der Waals surface area (Å²) in [4.78, 5) is 0. The minimum Gasteiger partial charge on any atom is -0.382 e. The lowest BCUT2D eigenvalue weighted by atomic mass is 9.98. The average molecular weight is 267 g/mol. The van der Waals surface area contributed by atoms with E-state index in [2.05, 4.69) is 47.3 Å². The van der Waals surface area contributed by atoms with Crippen LogP contribution in [0, 0.1) is 13.8 Å². The van der Waals surface area contributed by atoms with Crippen LogP contribution in [0.25, 0.3) is 22.4 Å². The number of nitrogen functional groups attached to an aromatic ring is 1. The van der Waals surface area contributed by atoms with E-state index in [1.807, 2.05) is 13.2 Å². The molecule has 0 radical (unpaired) electrons. The molecular weight excluding hydrogens is 250 g/mol. The fourth-order valence-electron chi connectivity index (χ4n) is 2.30. The van der Waals surface area contributed by atoms with E-state index >= 15 is 0 Å². The highest BCUT2D eigenvalue weighted by atomic mass is 15.2. The average Bonchev–Trinajstić information content (AvgIpc) is 2.99. The second kappa shape index (κ2) is 4.52. The predicted molar refractivity (Wildman–Crippen MR) is 80.1 cm³/mol. The number of nitrogens with two attached hydrogens (primary N) is 1. The lowest BCUT2D eigenvalue weighted by Gasteiger charge is -2.06. The summed E-state index contributed by atoms with van der Waals surface area (Å²) in [6, 6.07) is 6.31. The number of nitrogens with one attached hydrogen (secondary N) is 1. The van der Waals surface area contributed by atoms with E-state index in [0.29, 0.717) is 5.82 Å². The third-order valence-electron chi connectivity index (χ3n) is 3.58. The summed E-state index contributed by atoms with van der Waals surface area (Å²) in [5.41, 5.74) is 12.4. The Labute approximate surface area is 117 Å². The molecule has 0 saturated carbocycles. The molecule has 0 amide bonds. The largest absolute Gasteiger partial charge is 0.382 e. The van der Waals surface area contributed by atoms with Crippen LogP contribution in [-0.2, 0) is 7.05 Å². The van der Waals surface area contributed by atoms with Gasteiger partial charge in [0, 0.05) is 18.8 Å². The summed E-state index contributed by atoms with van der Waals surface area (Å²) < 4.78 is 1.76. The summed E-state index contributed by atoms with van der Waals surface area (Å²) in [5, 5.41) is 11.4. The Kier molecular flexibility index (Phi) is 2.82. The van der Waals surface area contributed by atoms with Crippen molar-refractivity contribution in [2.45, 2.75) is 13.8 Å². The Morgan fingerprint density at radius 3 is 2.60 bits per heavy atom. The fourth-order valence-corrected chi connectivity index (χ4v) is 2.30. The summed E-state index contributed by atoms with van der Waals surface area (Å²) >= 11 is 0. The molecule has 20 heavy (non-hydrogen) atoms. The zero-order valence-corrected chi connectivity index (χ0v) is 11.8. The fraction of sp³-hybridized carbons (Fsp3) is 0.200. The highest BCUT2D eigenvalue weighted by Crippen LogP contribution is 2.35. The first-order valence-corrected chi connectivity index (χ1v) is 6.46. The monoisotopic (exact) mass is 267 g/mol. The molecule has 3 N–H and O–H groups in total. The second-order valence-corrected chi connectivity index (χ2v) is 5.06. The van der Waals surface area contributed by atoms with Crippen LogP contribution in [-0.4, -0.2) is 20.0 Å². The first-order chi connectivity index (χ1) is 9.56. The molecule has 3 aromatic rings. The number of aromatic nitrogens is 4. The van der Waals surface area contributed by atoms with Crippen LogP contribution in [0.1, 0.15) is 11.1 Å². The molecule has 0 fully saturated rings. The van der Waals surface area contributed by atoms with Gasteiger partial charge in [-0.05, 0) is 30.5 Å². The van der Waals surface area contributed by atoms with Gasteiger partial charge in [-0.15, -0.1) is 0 Å². The van der Waals surface area contributed by atoms with Crippen LogP contribution in [0.3, 0.4) is 0 Å². The van der Waals surface area contributed by atoms with Gasteiger partial charge >= 0.3 is 0 Å². The number of H-pyrrole nitrogens is 1. The standard InChI is InChI=1S/C15H17N5/c1-9-4-5-11(6-10(9)2)13-14(18-19-15(13)16)12-7-17-20(3)8-12/h4-8H,1-3H3,(H3,16,18,19). The molecule has 3 rings (SSSR count). The number of nitrogens with zero attached hydrogens (tertiary/aromatic N) is 3. The van der Waals surface area contributed by atoms with Crippen LogP contribution in [0.15, 0.2) is 30.6 Å². The zero-order valence-electron chi connectivity index (χ0n) is 11.8. The van der Waals surface area contributed by atoms with Crippen molar-refractivity contribution in [3.8, 4) is 22.4 Å². The molecule has 102 valence electrons. The molecule has 0 aliphatic rings. The number of aromatic amines is 1. The molecule has 5 heteroatoms. The quantitative estimate of drug-likeness (QED) is 0.749. The van der Waals surface area contributed by atoms with Crippen molar-refractivity contribution in [1.29, 1.82) is 0 Å². The maximum Gasteiger partial charge on any atom is 0.153 e. The summed E-state index contributed by atoms with van der Waals surface area (Å²) in [6.07, 6.45) is 3.75. The van der Waals surface area contributed by atoms with Crippen molar-refractivity contribution < 1.29 is 0 Å². The van der Waals surface area contributed by atoms with Crippen molar-refractivity contribution in [3.05, 3.63) is 41.7 Å². The van der Waals surface area contributed by atoms with Crippen LogP contribution >= 0.6 is 0 Å². The van der Waals surface area contributed by atoms with Crippen molar-refractivity contribution in [2.75, 3.05) is 5.73 Å². The molecule has 0 atom stereocenters. The lowest BCUT2D eigenvalue weighted by Crippen LogP contribution is -1.90. The SMILES string of the molecule is Cc1ccc(-c2c(N)n[nH]c2-c2cnn(C)c2)cc1C. The molecule has 0 saturated heterocycles. The lowest BCUT2D eigenvalue weighted by molar-refractivity contribution is 0.768. The van der Waals surface area contributed by atoms with E-state index < -0.39 is 0 Å². The maximum atomic E-state index is 6.04. The summed E-state index contributed by atoms with van der Waals surface area (Å²) in [5.74, 6) is 0.507. The van der Waals surface area contributed by atoms with Crippen LogP contribution in [0.2, 0.25) is 0 Å². The number of hydrogen-bond donors (Lipinski definition) is 2. The Morgan fingerprint density at radius 2 is 1.95 bits per heavy atom. The van der Waals surface area contributed by atoms with Crippen molar-refractivity contribution in [2.24, 2.45) is 7.05 Å². The summed E-state index contributed by atoms with van der Waals surface area (Å²) in [7, 11) is 1.89. The molecule has 0 aliphatic carbocycles. The van der Waals surface area contributed by atoms with Gasteiger partial charge in [0.15, 0.2) is 5.82 Å². The highest BCUT2D eigenvalue weighted by Gasteiger charge is 2.16. The molecule has 2 heterocycles. The van der Waals surface area contributed by atoms with Crippen LogP contribution in [0.4, 0.5) is 5.82 Å².